The van der Waals surface area contributed by atoms with E-state index in [1.807, 2.05) is 0 Å². The average molecular weight is 432 g/mol. The lowest BCUT2D eigenvalue weighted by atomic mass is 10.2. The van der Waals surface area contributed by atoms with E-state index in [9.17, 15) is 30.7 Å². The minimum absolute atomic E-state index is 0.0724. The Labute approximate surface area is 158 Å². The molecule has 0 N–H and O–H groups in total. The van der Waals surface area contributed by atoms with Gasteiger partial charge in [-0.05, 0) is 38.5 Å². The number of halogens is 7. The topological polar surface area (TPSA) is 17.3 Å². The molecule has 0 unspecified atom stereocenters. The molecule has 150 valence electrons. The van der Waals surface area contributed by atoms with Crippen LogP contribution in [0.15, 0.2) is 22.0 Å². The Morgan fingerprint density at radius 3 is 2.22 bits per heavy atom. The molecule has 0 fully saturated rings. The molecule has 0 amide bonds. The van der Waals surface area contributed by atoms with Gasteiger partial charge in [-0.2, -0.15) is 26.3 Å². The van der Waals surface area contributed by atoms with Crippen LogP contribution in [0.5, 0.6) is 0 Å². The fraction of sp³-hybridized carbons (Fsp3) is 0.438. The number of nitrogens with zero attached hydrogens (tertiary/aromatic N) is 2. The van der Waals surface area contributed by atoms with Gasteiger partial charge in [0.15, 0.2) is 4.80 Å². The Morgan fingerprint density at radius 1 is 1.04 bits per heavy atom. The molecule has 0 aliphatic rings. The minimum Gasteiger partial charge on any atom is -0.312 e. The molecule has 0 aliphatic carbocycles. The minimum atomic E-state index is -4.49. The van der Waals surface area contributed by atoms with Crippen LogP contribution in [0.3, 0.4) is 0 Å². The molecule has 2 aromatic rings. The second kappa shape index (κ2) is 7.86. The molecule has 0 saturated carbocycles. The maximum atomic E-state index is 14.2. The summed E-state index contributed by atoms with van der Waals surface area (Å²) in [6, 6.07) is 2.16. The van der Waals surface area contributed by atoms with E-state index in [4.69, 9.17) is 0 Å². The zero-order chi connectivity index (χ0) is 20.6. The van der Waals surface area contributed by atoms with Gasteiger partial charge >= 0.3 is 12.4 Å². The molecule has 0 saturated heterocycles. The summed E-state index contributed by atoms with van der Waals surface area (Å²) in [6.45, 7) is 3.27. The monoisotopic (exact) mass is 432 g/mol. The average Bonchev–Trinajstić information content (AvgIpc) is 2.74. The lowest BCUT2D eigenvalue weighted by molar-refractivity contribution is -0.141. The third-order valence-corrected chi connectivity index (χ3v) is 5.90. The molecular weight excluding hydrogens is 417 g/mol. The van der Waals surface area contributed by atoms with Crippen LogP contribution in [0, 0.1) is 26.6 Å². The van der Waals surface area contributed by atoms with E-state index < -0.39 is 30.5 Å². The summed E-state index contributed by atoms with van der Waals surface area (Å²) >= 11 is 1.43. The highest BCUT2D eigenvalue weighted by Gasteiger charge is 2.30. The lowest BCUT2D eigenvalue weighted by Gasteiger charge is -2.11. The van der Waals surface area contributed by atoms with Gasteiger partial charge in [-0.3, -0.25) is 0 Å². The van der Waals surface area contributed by atoms with Crippen LogP contribution in [0.1, 0.15) is 16.1 Å². The van der Waals surface area contributed by atoms with Gasteiger partial charge in [0.25, 0.3) is 0 Å². The fourth-order valence-electron chi connectivity index (χ4n) is 2.19. The van der Waals surface area contributed by atoms with Gasteiger partial charge in [0, 0.05) is 15.5 Å². The number of benzene rings is 1. The Kier molecular flexibility index (Phi) is 6.35. The normalized spacial score (nSPS) is 13.5. The van der Waals surface area contributed by atoms with E-state index in [0.29, 0.717) is 27.9 Å². The van der Waals surface area contributed by atoms with E-state index in [2.05, 4.69) is 4.99 Å². The maximum Gasteiger partial charge on any atom is 0.406 e. The van der Waals surface area contributed by atoms with Crippen molar-refractivity contribution in [2.24, 2.45) is 4.99 Å². The van der Waals surface area contributed by atoms with Crippen molar-refractivity contribution in [1.29, 1.82) is 0 Å². The smallest absolute Gasteiger partial charge is 0.312 e. The van der Waals surface area contributed by atoms with Gasteiger partial charge in [0.1, 0.15) is 18.0 Å². The lowest BCUT2D eigenvalue weighted by Crippen LogP contribution is -2.26. The van der Waals surface area contributed by atoms with Crippen molar-refractivity contribution in [1.82, 2.24) is 4.57 Å². The number of rotatable bonds is 4. The number of hydrogen-bond donors (Lipinski definition) is 0. The Balaban J connectivity index is 2.52. The van der Waals surface area contributed by atoms with Gasteiger partial charge in [0.05, 0.1) is 5.75 Å². The summed E-state index contributed by atoms with van der Waals surface area (Å²) < 4.78 is 90.9. The van der Waals surface area contributed by atoms with Crippen molar-refractivity contribution < 1.29 is 30.7 Å². The molecule has 2 nitrogen and oxygen atoms in total. The first-order valence-electron chi connectivity index (χ1n) is 7.55. The zero-order valence-electron chi connectivity index (χ0n) is 14.4. The van der Waals surface area contributed by atoms with Gasteiger partial charge in [-0.15, -0.1) is 23.1 Å². The van der Waals surface area contributed by atoms with Crippen LogP contribution >= 0.6 is 23.1 Å². The van der Waals surface area contributed by atoms with Crippen molar-refractivity contribution in [2.45, 2.75) is 44.6 Å². The quantitative estimate of drug-likeness (QED) is 0.424. The van der Waals surface area contributed by atoms with E-state index in [-0.39, 0.29) is 15.4 Å². The van der Waals surface area contributed by atoms with E-state index in [0.717, 1.165) is 28.0 Å². The predicted octanol–water partition coefficient (Wildman–Crippen LogP) is 6.06. The Hall–Kier alpha value is -1.49. The summed E-state index contributed by atoms with van der Waals surface area (Å²) in [5, 5.41) is 0. The highest BCUT2D eigenvalue weighted by molar-refractivity contribution is 7.99. The van der Waals surface area contributed by atoms with Crippen molar-refractivity contribution in [2.75, 3.05) is 5.75 Å². The molecule has 0 atom stereocenters. The molecular formula is C16H15F7N2S2. The Morgan fingerprint density at radius 2 is 1.67 bits per heavy atom. The van der Waals surface area contributed by atoms with E-state index in [1.165, 1.54) is 13.8 Å². The summed E-state index contributed by atoms with van der Waals surface area (Å²) in [5.41, 5.74) is 0.333. The van der Waals surface area contributed by atoms with Crippen molar-refractivity contribution in [3.63, 3.8) is 0 Å². The molecule has 2 rings (SSSR count). The molecule has 0 spiro atoms. The Bertz CT molecular complexity index is 892. The number of thioether (sulfide) groups is 1. The first kappa shape index (κ1) is 21.8. The second-order valence-corrected chi connectivity index (χ2v) is 8.01. The standard InChI is InChI=1S/C16H15F7N2S2/c1-8-4-11(17)12(5-13(8)26-7-16(21,22)23)24-14-25(6-15(18,19)20)9(2)10(3)27-14/h4-5H,6-7H2,1-3H3/b24-14-. The van der Waals surface area contributed by atoms with Crippen LogP contribution in [0.4, 0.5) is 36.4 Å². The second-order valence-electron chi connectivity index (χ2n) is 5.81. The van der Waals surface area contributed by atoms with Crippen molar-refractivity contribution in [3.8, 4) is 0 Å². The SMILES string of the molecule is Cc1cc(F)c(/N=c2\sc(C)c(C)n2CC(F)(F)F)cc1SCC(F)(F)F. The molecule has 27 heavy (non-hydrogen) atoms. The third kappa shape index (κ3) is 6.00. The third-order valence-electron chi connectivity index (χ3n) is 3.58. The molecule has 0 radical (unpaired) electrons. The molecule has 1 aromatic heterocycles. The first-order chi connectivity index (χ1) is 12.3. The number of aryl methyl sites for hydroxylation is 2. The summed E-state index contributed by atoms with van der Waals surface area (Å²) in [6.07, 6.45) is -8.90. The largest absolute Gasteiger partial charge is 0.406 e. The van der Waals surface area contributed by atoms with E-state index >= 15 is 0 Å². The van der Waals surface area contributed by atoms with Crippen molar-refractivity contribution >= 4 is 28.8 Å². The summed E-state index contributed by atoms with van der Waals surface area (Å²) in [7, 11) is 0. The van der Waals surface area contributed by atoms with Gasteiger partial charge in [-0.25, -0.2) is 9.38 Å². The molecule has 1 heterocycles. The fourth-order valence-corrected chi connectivity index (χ4v) is 3.98. The van der Waals surface area contributed by atoms with Crippen LogP contribution in [0.25, 0.3) is 0 Å². The summed E-state index contributed by atoms with van der Waals surface area (Å²) in [4.78, 5) is 4.64. The first-order valence-corrected chi connectivity index (χ1v) is 9.35. The van der Waals surface area contributed by atoms with Gasteiger partial charge < -0.3 is 4.57 Å². The predicted molar refractivity (Wildman–Crippen MR) is 91.0 cm³/mol. The number of alkyl halides is 6. The maximum absolute atomic E-state index is 14.2. The van der Waals surface area contributed by atoms with Crippen LogP contribution in [-0.2, 0) is 6.54 Å². The van der Waals surface area contributed by atoms with Crippen molar-refractivity contribution in [3.05, 3.63) is 38.9 Å². The summed E-state index contributed by atoms with van der Waals surface area (Å²) in [5.74, 6) is -1.98. The van der Waals surface area contributed by atoms with Gasteiger partial charge in [-0.1, -0.05) is 0 Å². The molecule has 0 aliphatic heterocycles. The van der Waals surface area contributed by atoms with E-state index in [1.54, 1.807) is 6.92 Å². The number of thiazole rings is 1. The highest BCUT2D eigenvalue weighted by Crippen LogP contribution is 2.33. The number of hydrogen-bond acceptors (Lipinski definition) is 3. The molecule has 0 bridgehead atoms. The van der Waals surface area contributed by atoms with Crippen LogP contribution in [0.2, 0.25) is 0 Å². The van der Waals surface area contributed by atoms with Crippen LogP contribution < -0.4 is 4.80 Å². The zero-order valence-corrected chi connectivity index (χ0v) is 16.1. The highest BCUT2D eigenvalue weighted by atomic mass is 32.2. The number of aromatic nitrogens is 1. The molecule has 1 aromatic carbocycles. The van der Waals surface area contributed by atoms with Gasteiger partial charge in [0.2, 0.25) is 0 Å². The molecule has 11 heteroatoms. The van der Waals surface area contributed by atoms with Crippen LogP contribution in [-0.4, -0.2) is 22.7 Å².